The van der Waals surface area contributed by atoms with E-state index >= 15 is 0 Å². The van der Waals surface area contributed by atoms with Crippen molar-refractivity contribution >= 4 is 33.2 Å². The second kappa shape index (κ2) is 10.1. The first-order chi connectivity index (χ1) is 15.1. The quantitative estimate of drug-likeness (QED) is 0.772. The highest BCUT2D eigenvalue weighted by Crippen LogP contribution is 2.35. The number of piperazine rings is 1. The number of benzene rings is 1. The molecule has 31 heavy (non-hydrogen) atoms. The van der Waals surface area contributed by atoms with Crippen LogP contribution in [0.3, 0.4) is 0 Å². The molecule has 2 aliphatic heterocycles. The summed E-state index contributed by atoms with van der Waals surface area (Å²) in [7, 11) is 0. The molecule has 0 radical (unpaired) electrons. The van der Waals surface area contributed by atoms with Gasteiger partial charge < -0.3 is 14.9 Å². The van der Waals surface area contributed by atoms with Gasteiger partial charge in [0.15, 0.2) is 0 Å². The van der Waals surface area contributed by atoms with E-state index in [1.165, 1.54) is 0 Å². The van der Waals surface area contributed by atoms with Crippen molar-refractivity contribution in [1.82, 2.24) is 14.7 Å². The number of amides is 2. The minimum Gasteiger partial charge on any atom is -0.395 e. The predicted molar refractivity (Wildman–Crippen MR) is 125 cm³/mol. The first-order valence-electron chi connectivity index (χ1n) is 11.5. The van der Waals surface area contributed by atoms with Crippen LogP contribution in [0.4, 0.5) is 0 Å². The lowest BCUT2D eigenvalue weighted by Crippen LogP contribution is -2.49. The first kappa shape index (κ1) is 22.2. The highest BCUT2D eigenvalue weighted by atomic mass is 32.1. The fourth-order valence-corrected chi connectivity index (χ4v) is 6.17. The van der Waals surface area contributed by atoms with Gasteiger partial charge in [0, 0.05) is 56.9 Å². The molecule has 1 N–H and O–H groups in total. The number of thiophene rings is 1. The second-order valence-electron chi connectivity index (χ2n) is 8.68. The van der Waals surface area contributed by atoms with Crippen molar-refractivity contribution in [3.8, 4) is 0 Å². The van der Waals surface area contributed by atoms with E-state index in [2.05, 4.69) is 17.0 Å². The lowest BCUT2D eigenvalue weighted by atomic mass is 9.97. The Morgan fingerprint density at radius 1 is 1.06 bits per heavy atom. The maximum Gasteiger partial charge on any atom is 0.264 e. The zero-order valence-electron chi connectivity index (χ0n) is 18.4. The highest BCUT2D eigenvalue weighted by molar-refractivity contribution is 7.21. The Hall–Kier alpha value is -1.96. The molecule has 0 aliphatic carbocycles. The van der Waals surface area contributed by atoms with E-state index in [1.807, 2.05) is 21.9 Å². The Kier molecular flexibility index (Phi) is 7.25. The third-order valence-electron chi connectivity index (χ3n) is 6.69. The predicted octanol–water partition coefficient (Wildman–Crippen LogP) is 2.99. The number of aliphatic hydroxyl groups is 1. The van der Waals surface area contributed by atoms with Gasteiger partial charge in [-0.1, -0.05) is 31.0 Å². The molecule has 6 nitrogen and oxygen atoms in total. The normalized spacial score (nSPS) is 20.8. The monoisotopic (exact) mass is 443 g/mol. The number of hydrogen-bond donors (Lipinski definition) is 1. The molecular formula is C24H33N3O3S. The fraction of sp³-hybridized carbons (Fsp3) is 0.583. The number of carbonyl (C=O) groups is 2. The first-order valence-corrected chi connectivity index (χ1v) is 12.3. The number of β-amino-alcohol motifs (C(OH)–C–C–N with tert-alkyl or cyclic N) is 1. The number of fused-ring (bicyclic) bond motifs is 1. The minimum atomic E-state index is 0.114. The van der Waals surface area contributed by atoms with Gasteiger partial charge in [0.25, 0.3) is 5.91 Å². The Balaban J connectivity index is 1.61. The summed E-state index contributed by atoms with van der Waals surface area (Å²) >= 11 is 1.59. The van der Waals surface area contributed by atoms with Crippen LogP contribution in [0, 0.1) is 0 Å². The van der Waals surface area contributed by atoms with Crippen LogP contribution >= 0.6 is 11.3 Å². The summed E-state index contributed by atoms with van der Waals surface area (Å²) in [6.45, 7) is 6.28. The summed E-state index contributed by atoms with van der Waals surface area (Å²) in [5.41, 5.74) is 1.11. The van der Waals surface area contributed by atoms with E-state index < -0.39 is 0 Å². The molecular weight excluding hydrogens is 410 g/mol. The summed E-state index contributed by atoms with van der Waals surface area (Å²) in [5, 5.41) is 10.3. The lowest BCUT2D eigenvalue weighted by Gasteiger charge is -2.34. The van der Waals surface area contributed by atoms with Crippen molar-refractivity contribution < 1.29 is 14.7 Å². The number of hydrogen-bond acceptors (Lipinski definition) is 5. The SMILES string of the molecule is CC(=O)N1CCCCCC1Cc1c(C(=O)N2CCN(CCO)CC2)sc2ccccc12. The molecule has 3 heterocycles. The average molecular weight is 444 g/mol. The molecule has 2 aliphatic rings. The van der Waals surface area contributed by atoms with Gasteiger partial charge in [-0.05, 0) is 36.3 Å². The van der Waals surface area contributed by atoms with E-state index in [0.29, 0.717) is 19.6 Å². The molecule has 1 atom stereocenters. The van der Waals surface area contributed by atoms with Crippen LogP contribution in [0.25, 0.3) is 10.1 Å². The summed E-state index contributed by atoms with van der Waals surface area (Å²) in [5.74, 6) is 0.252. The van der Waals surface area contributed by atoms with Gasteiger partial charge in [-0.15, -0.1) is 11.3 Å². The molecule has 7 heteroatoms. The number of carbonyl (C=O) groups excluding carboxylic acids is 2. The topological polar surface area (TPSA) is 64.1 Å². The van der Waals surface area contributed by atoms with Gasteiger partial charge in [-0.2, -0.15) is 0 Å². The molecule has 0 bridgehead atoms. The summed E-state index contributed by atoms with van der Waals surface area (Å²) in [6.07, 6.45) is 5.10. The van der Waals surface area contributed by atoms with Crippen LogP contribution < -0.4 is 0 Å². The third kappa shape index (κ3) is 4.94. The van der Waals surface area contributed by atoms with Crippen LogP contribution in [-0.4, -0.2) is 83.5 Å². The van der Waals surface area contributed by atoms with Crippen LogP contribution in [0.15, 0.2) is 24.3 Å². The maximum atomic E-state index is 13.6. The van der Waals surface area contributed by atoms with E-state index in [-0.39, 0.29) is 24.5 Å². The number of aliphatic hydroxyl groups excluding tert-OH is 1. The molecule has 0 saturated carbocycles. The van der Waals surface area contributed by atoms with Gasteiger partial charge in [0.05, 0.1) is 11.5 Å². The van der Waals surface area contributed by atoms with Gasteiger partial charge in [0.1, 0.15) is 0 Å². The molecule has 1 aromatic heterocycles. The van der Waals surface area contributed by atoms with Gasteiger partial charge in [-0.3, -0.25) is 14.5 Å². The van der Waals surface area contributed by atoms with Crippen LogP contribution in [0.5, 0.6) is 0 Å². The molecule has 1 aromatic carbocycles. The fourth-order valence-electron chi connectivity index (χ4n) is 4.97. The Labute approximate surface area is 188 Å². The van der Waals surface area contributed by atoms with Crippen molar-refractivity contribution in [3.05, 3.63) is 34.7 Å². The summed E-state index contributed by atoms with van der Waals surface area (Å²) in [4.78, 5) is 32.9. The standard InChI is InChI=1S/C24H33N3O3S/c1-18(29)27-10-6-2-3-7-19(27)17-21-20-8-4-5-9-22(20)31-23(21)24(30)26-13-11-25(12-14-26)15-16-28/h4-5,8-9,19,28H,2-3,6-7,10-17H2,1H3. The summed E-state index contributed by atoms with van der Waals surface area (Å²) in [6, 6.07) is 8.43. The van der Waals surface area contributed by atoms with Crippen molar-refractivity contribution in [2.75, 3.05) is 45.9 Å². The molecule has 2 fully saturated rings. The highest BCUT2D eigenvalue weighted by Gasteiger charge is 2.30. The smallest absolute Gasteiger partial charge is 0.264 e. The van der Waals surface area contributed by atoms with E-state index in [1.54, 1.807) is 18.3 Å². The van der Waals surface area contributed by atoms with Crippen molar-refractivity contribution in [2.45, 2.75) is 45.1 Å². The lowest BCUT2D eigenvalue weighted by molar-refractivity contribution is -0.131. The third-order valence-corrected chi connectivity index (χ3v) is 7.89. The second-order valence-corrected chi connectivity index (χ2v) is 9.74. The van der Waals surface area contributed by atoms with Crippen LogP contribution in [0.2, 0.25) is 0 Å². The van der Waals surface area contributed by atoms with Gasteiger partial charge in [-0.25, -0.2) is 0 Å². The number of nitrogens with zero attached hydrogens (tertiary/aromatic N) is 3. The number of likely N-dealkylation sites (tertiary alicyclic amines) is 1. The van der Waals surface area contributed by atoms with Crippen molar-refractivity contribution in [2.24, 2.45) is 0 Å². The molecule has 4 rings (SSSR count). The molecule has 168 valence electrons. The Bertz CT molecular complexity index is 920. The maximum absolute atomic E-state index is 13.6. The van der Waals surface area contributed by atoms with E-state index in [0.717, 1.165) is 72.3 Å². The molecule has 1 unspecified atom stereocenters. The number of rotatable bonds is 5. The zero-order chi connectivity index (χ0) is 21.8. The van der Waals surface area contributed by atoms with E-state index in [9.17, 15) is 14.7 Å². The van der Waals surface area contributed by atoms with Gasteiger partial charge >= 0.3 is 0 Å². The molecule has 0 spiro atoms. The summed E-state index contributed by atoms with van der Waals surface area (Å²) < 4.78 is 1.14. The largest absolute Gasteiger partial charge is 0.395 e. The zero-order valence-corrected chi connectivity index (χ0v) is 19.2. The van der Waals surface area contributed by atoms with Gasteiger partial charge in [0.2, 0.25) is 5.91 Å². The van der Waals surface area contributed by atoms with Crippen LogP contribution in [0.1, 0.15) is 47.8 Å². The van der Waals surface area contributed by atoms with Crippen LogP contribution in [-0.2, 0) is 11.2 Å². The minimum absolute atomic E-state index is 0.114. The molecule has 2 amide bonds. The molecule has 2 saturated heterocycles. The van der Waals surface area contributed by atoms with E-state index in [4.69, 9.17) is 0 Å². The van der Waals surface area contributed by atoms with Crippen molar-refractivity contribution in [1.29, 1.82) is 0 Å². The molecule has 2 aromatic rings. The average Bonchev–Trinajstić information content (AvgIpc) is 2.96. The Morgan fingerprint density at radius 3 is 2.58 bits per heavy atom. The Morgan fingerprint density at radius 2 is 1.84 bits per heavy atom. The van der Waals surface area contributed by atoms with Crippen molar-refractivity contribution in [3.63, 3.8) is 0 Å².